The Hall–Kier alpha value is -4.90. The number of aromatic nitrogens is 3. The van der Waals surface area contributed by atoms with Gasteiger partial charge in [-0.25, -0.2) is 9.50 Å². The third-order valence-electron chi connectivity index (χ3n) is 7.87. The van der Waals surface area contributed by atoms with E-state index in [0.717, 1.165) is 17.2 Å². The molecule has 0 radical (unpaired) electrons. The maximum absolute atomic E-state index is 14.2. The lowest BCUT2D eigenvalue weighted by Gasteiger charge is -2.39. The van der Waals surface area contributed by atoms with E-state index >= 15 is 0 Å². The van der Waals surface area contributed by atoms with Gasteiger partial charge in [0.05, 0.1) is 32.2 Å². The largest absolute Gasteiger partial charge is 0.493 e. The third-order valence-corrected chi connectivity index (χ3v) is 7.87. The number of carbonyl (C=O) groups excluding carboxylic acids is 1. The zero-order valence-corrected chi connectivity index (χ0v) is 24.2. The predicted octanol–water partition coefficient (Wildman–Crippen LogP) is 5.98. The number of benzene rings is 3. The van der Waals surface area contributed by atoms with Crippen molar-refractivity contribution in [1.82, 2.24) is 24.4 Å². The molecule has 1 fully saturated rings. The standard InChI is InChI=1S/C33H30F3N5O3/c1-43-27-14-13-24(19-28(27)44-2)26-20-29(33(34,35)36)41-31(38-26)25(21-37-41)32(42)40-17-15-39(16-18-40)30(22-9-5-3-6-10-22)23-11-7-4-8-12-23/h3-14,19-21,30H,15-18H2,1-2H3. The van der Waals surface area contributed by atoms with Crippen molar-refractivity contribution < 1.29 is 27.4 Å². The highest BCUT2D eigenvalue weighted by atomic mass is 19.4. The molecule has 3 heterocycles. The fourth-order valence-corrected chi connectivity index (χ4v) is 5.70. The van der Waals surface area contributed by atoms with Crippen LogP contribution >= 0.6 is 0 Å². The first-order chi connectivity index (χ1) is 21.3. The highest BCUT2D eigenvalue weighted by Crippen LogP contribution is 2.36. The first-order valence-corrected chi connectivity index (χ1v) is 14.1. The number of carbonyl (C=O) groups is 1. The number of amides is 1. The average Bonchev–Trinajstić information content (AvgIpc) is 3.48. The molecule has 1 aliphatic heterocycles. The monoisotopic (exact) mass is 601 g/mol. The van der Waals surface area contributed by atoms with Crippen molar-refractivity contribution in [2.75, 3.05) is 40.4 Å². The van der Waals surface area contributed by atoms with Crippen LogP contribution in [0.4, 0.5) is 13.2 Å². The van der Waals surface area contributed by atoms with Crippen molar-refractivity contribution in [2.24, 2.45) is 0 Å². The zero-order valence-electron chi connectivity index (χ0n) is 24.2. The number of nitrogens with zero attached hydrogens (tertiary/aromatic N) is 5. The van der Waals surface area contributed by atoms with Crippen molar-refractivity contribution >= 4 is 11.6 Å². The molecular formula is C33H30F3N5O3. The summed E-state index contributed by atoms with van der Waals surface area (Å²) in [5.41, 5.74) is 1.50. The molecule has 1 aliphatic rings. The maximum atomic E-state index is 14.2. The van der Waals surface area contributed by atoms with Gasteiger partial charge in [0.2, 0.25) is 0 Å². The number of methoxy groups -OCH3 is 2. The van der Waals surface area contributed by atoms with Gasteiger partial charge < -0.3 is 14.4 Å². The molecule has 0 bridgehead atoms. The van der Waals surface area contributed by atoms with Gasteiger partial charge in [-0.1, -0.05) is 60.7 Å². The number of piperazine rings is 1. The van der Waals surface area contributed by atoms with Gasteiger partial charge in [0, 0.05) is 31.7 Å². The number of rotatable bonds is 7. The van der Waals surface area contributed by atoms with Gasteiger partial charge in [0.25, 0.3) is 5.91 Å². The number of hydrogen-bond acceptors (Lipinski definition) is 6. The van der Waals surface area contributed by atoms with Gasteiger partial charge in [0.1, 0.15) is 5.56 Å². The van der Waals surface area contributed by atoms with Crippen molar-refractivity contribution in [3.8, 4) is 22.8 Å². The number of alkyl halides is 3. The van der Waals surface area contributed by atoms with E-state index in [1.54, 1.807) is 23.1 Å². The lowest BCUT2D eigenvalue weighted by Crippen LogP contribution is -2.49. The van der Waals surface area contributed by atoms with Crippen molar-refractivity contribution in [3.63, 3.8) is 0 Å². The minimum Gasteiger partial charge on any atom is -0.493 e. The first kappa shape index (κ1) is 29.2. The Morgan fingerprint density at radius 2 is 1.43 bits per heavy atom. The molecule has 3 aromatic carbocycles. The van der Waals surface area contributed by atoms with Crippen LogP contribution in [0.5, 0.6) is 11.5 Å². The Morgan fingerprint density at radius 3 is 2.00 bits per heavy atom. The van der Waals surface area contributed by atoms with Crippen molar-refractivity contribution in [1.29, 1.82) is 0 Å². The number of halogens is 3. The van der Waals surface area contributed by atoms with Crippen LogP contribution < -0.4 is 9.47 Å². The summed E-state index contributed by atoms with van der Waals surface area (Å²) in [6.07, 6.45) is -3.57. The molecule has 226 valence electrons. The van der Waals surface area contributed by atoms with Gasteiger partial charge in [-0.2, -0.15) is 18.3 Å². The summed E-state index contributed by atoms with van der Waals surface area (Å²) in [6.45, 7) is 1.96. The Bertz CT molecular complexity index is 1730. The molecule has 5 aromatic rings. The quantitative estimate of drug-likeness (QED) is 0.229. The van der Waals surface area contributed by atoms with Crippen LogP contribution in [0.3, 0.4) is 0 Å². The van der Waals surface area contributed by atoms with Crippen LogP contribution in [0, 0.1) is 0 Å². The first-order valence-electron chi connectivity index (χ1n) is 14.1. The Kier molecular flexibility index (Phi) is 7.96. The second-order valence-electron chi connectivity index (χ2n) is 10.4. The SMILES string of the molecule is COc1ccc(-c2cc(C(F)(F)F)n3ncc(C(=O)N4CCN(C(c5ccccc5)c5ccccc5)CC4)c3n2)cc1OC. The van der Waals surface area contributed by atoms with Crippen LogP contribution in [0.25, 0.3) is 16.9 Å². The Balaban J connectivity index is 1.31. The topological polar surface area (TPSA) is 72.2 Å². The van der Waals surface area contributed by atoms with Gasteiger partial charge in [0.15, 0.2) is 22.8 Å². The minimum absolute atomic E-state index is 0.00619. The molecule has 0 aliphatic carbocycles. The van der Waals surface area contributed by atoms with E-state index in [2.05, 4.69) is 39.2 Å². The number of ether oxygens (including phenoxy) is 2. The van der Waals surface area contributed by atoms with Gasteiger partial charge >= 0.3 is 6.18 Å². The molecule has 44 heavy (non-hydrogen) atoms. The Labute approximate surface area is 252 Å². The third kappa shape index (κ3) is 5.58. The van der Waals surface area contributed by atoms with Crippen molar-refractivity contribution in [2.45, 2.75) is 12.2 Å². The summed E-state index contributed by atoms with van der Waals surface area (Å²) in [5.74, 6) is 0.349. The number of fused-ring (bicyclic) bond motifs is 1. The molecule has 11 heteroatoms. The molecule has 1 saturated heterocycles. The molecule has 0 saturated carbocycles. The highest BCUT2D eigenvalue weighted by molar-refractivity contribution is 6.00. The molecule has 1 amide bonds. The van der Waals surface area contributed by atoms with E-state index in [1.807, 2.05) is 36.4 Å². The van der Waals surface area contributed by atoms with Gasteiger partial charge in [-0.15, -0.1) is 0 Å². The smallest absolute Gasteiger partial charge is 0.433 e. The molecule has 8 nitrogen and oxygen atoms in total. The summed E-state index contributed by atoms with van der Waals surface area (Å²) >= 11 is 0. The Morgan fingerprint density at radius 1 is 0.818 bits per heavy atom. The van der Waals surface area contributed by atoms with Crippen LogP contribution in [-0.2, 0) is 6.18 Å². The van der Waals surface area contributed by atoms with E-state index in [1.165, 1.54) is 20.4 Å². The van der Waals surface area contributed by atoms with E-state index in [9.17, 15) is 18.0 Å². The van der Waals surface area contributed by atoms with E-state index < -0.39 is 17.8 Å². The molecule has 0 atom stereocenters. The molecule has 6 rings (SSSR count). The normalized spacial score (nSPS) is 14.3. The molecule has 0 N–H and O–H groups in total. The average molecular weight is 602 g/mol. The summed E-state index contributed by atoms with van der Waals surface area (Å²) in [6, 6.07) is 26.0. The second kappa shape index (κ2) is 12.0. The fraction of sp³-hybridized carbons (Fsp3) is 0.242. The second-order valence-corrected chi connectivity index (χ2v) is 10.4. The summed E-state index contributed by atoms with van der Waals surface area (Å²) in [4.78, 5) is 22.2. The van der Waals surface area contributed by atoms with Crippen LogP contribution in [0.2, 0.25) is 0 Å². The van der Waals surface area contributed by atoms with Crippen LogP contribution in [-0.4, -0.2) is 70.7 Å². The van der Waals surface area contributed by atoms with Crippen LogP contribution in [0.15, 0.2) is 91.1 Å². The van der Waals surface area contributed by atoms with Crippen LogP contribution in [0.1, 0.15) is 33.2 Å². The summed E-state index contributed by atoms with van der Waals surface area (Å²) < 4.78 is 53.9. The van der Waals surface area contributed by atoms with E-state index in [4.69, 9.17) is 9.47 Å². The zero-order chi connectivity index (χ0) is 30.8. The highest BCUT2D eigenvalue weighted by Gasteiger charge is 2.37. The van der Waals surface area contributed by atoms with E-state index in [-0.39, 0.29) is 22.9 Å². The lowest BCUT2D eigenvalue weighted by molar-refractivity contribution is -0.142. The molecule has 0 unspecified atom stereocenters. The van der Waals surface area contributed by atoms with E-state index in [0.29, 0.717) is 47.8 Å². The molecule has 0 spiro atoms. The molecule has 2 aromatic heterocycles. The minimum atomic E-state index is -4.74. The summed E-state index contributed by atoms with van der Waals surface area (Å²) in [7, 11) is 2.91. The summed E-state index contributed by atoms with van der Waals surface area (Å²) in [5, 5.41) is 3.95. The van der Waals surface area contributed by atoms with Gasteiger partial charge in [-0.05, 0) is 35.4 Å². The maximum Gasteiger partial charge on any atom is 0.433 e. The predicted molar refractivity (Wildman–Crippen MR) is 159 cm³/mol. The number of hydrogen-bond donors (Lipinski definition) is 0. The van der Waals surface area contributed by atoms with Crippen molar-refractivity contribution in [3.05, 3.63) is 114 Å². The lowest BCUT2D eigenvalue weighted by atomic mass is 9.96. The molecular weight excluding hydrogens is 571 g/mol. The van der Waals surface area contributed by atoms with Gasteiger partial charge in [-0.3, -0.25) is 9.69 Å². The fourth-order valence-electron chi connectivity index (χ4n) is 5.70.